The highest BCUT2D eigenvalue weighted by Crippen LogP contribution is 2.60. The summed E-state index contributed by atoms with van der Waals surface area (Å²) >= 11 is 0. The normalized spacial score (nSPS) is 28.5. The maximum atomic E-state index is 12.9. The zero-order valence-electron chi connectivity index (χ0n) is 17.7. The molecule has 3 amide bonds. The van der Waals surface area contributed by atoms with Crippen molar-refractivity contribution in [3.63, 3.8) is 0 Å². The highest BCUT2D eigenvalue weighted by atomic mass is 16.2. The standard InChI is InChI=1S/C24H30N4O3/c29-21(27-28-22(30)10-18-14-26-20-4-2-1-3-19(18)20)5-6-25-23(31)24-11-15-7-16(12-24)9-17(8-15)13-24/h1-4,14-17,26H,5-13H2,(H,25,31)(H,27,29)(H,28,30). The summed E-state index contributed by atoms with van der Waals surface area (Å²) in [6.07, 6.45) is 9.07. The fraction of sp³-hybridized carbons (Fsp3) is 0.542. The number of benzene rings is 1. The maximum Gasteiger partial charge on any atom is 0.242 e. The molecule has 2 aromatic rings. The molecule has 1 aromatic carbocycles. The lowest BCUT2D eigenvalue weighted by atomic mass is 9.49. The van der Waals surface area contributed by atoms with E-state index in [1.807, 2.05) is 30.5 Å². The number of hydrogen-bond acceptors (Lipinski definition) is 3. The molecule has 0 saturated heterocycles. The number of carbonyl (C=O) groups is 3. The van der Waals surface area contributed by atoms with E-state index in [0.29, 0.717) is 24.3 Å². The van der Waals surface area contributed by atoms with Crippen LogP contribution in [0.15, 0.2) is 30.5 Å². The van der Waals surface area contributed by atoms with Crippen LogP contribution >= 0.6 is 0 Å². The molecule has 7 nitrogen and oxygen atoms in total. The minimum Gasteiger partial charge on any atom is -0.361 e. The van der Waals surface area contributed by atoms with Gasteiger partial charge in [0.05, 0.1) is 6.42 Å². The van der Waals surface area contributed by atoms with Gasteiger partial charge in [0.1, 0.15) is 0 Å². The summed E-state index contributed by atoms with van der Waals surface area (Å²) in [5.74, 6) is 1.68. The van der Waals surface area contributed by atoms with E-state index in [1.54, 1.807) is 0 Å². The molecule has 4 aliphatic rings. The van der Waals surface area contributed by atoms with Gasteiger partial charge in [-0.25, -0.2) is 0 Å². The van der Waals surface area contributed by atoms with E-state index in [2.05, 4.69) is 21.2 Å². The number of rotatable bonds is 6. The van der Waals surface area contributed by atoms with Crippen LogP contribution in [-0.4, -0.2) is 29.3 Å². The second-order valence-corrected chi connectivity index (χ2v) is 9.84. The number of hydrogen-bond donors (Lipinski definition) is 4. The smallest absolute Gasteiger partial charge is 0.242 e. The van der Waals surface area contributed by atoms with Crippen molar-refractivity contribution in [3.05, 3.63) is 36.0 Å². The Kier molecular flexibility index (Phi) is 5.20. The van der Waals surface area contributed by atoms with Gasteiger partial charge in [-0.2, -0.15) is 0 Å². The van der Waals surface area contributed by atoms with Crippen LogP contribution in [0.3, 0.4) is 0 Å². The molecule has 6 rings (SSSR count). The number of aromatic nitrogens is 1. The molecule has 0 aliphatic heterocycles. The number of aromatic amines is 1. The first-order valence-electron chi connectivity index (χ1n) is 11.4. The van der Waals surface area contributed by atoms with Crippen LogP contribution in [0.4, 0.5) is 0 Å². The second kappa shape index (κ2) is 8.02. The van der Waals surface area contributed by atoms with Crippen molar-refractivity contribution in [3.8, 4) is 0 Å². The molecule has 0 unspecified atom stereocenters. The Morgan fingerprint density at radius 2 is 1.58 bits per heavy atom. The minimum absolute atomic E-state index is 0.128. The molecule has 1 aromatic heterocycles. The lowest BCUT2D eigenvalue weighted by Crippen LogP contribution is -2.54. The molecule has 0 spiro atoms. The topological polar surface area (TPSA) is 103 Å². The summed E-state index contributed by atoms with van der Waals surface area (Å²) in [7, 11) is 0. The van der Waals surface area contributed by atoms with E-state index >= 15 is 0 Å². The molecular formula is C24H30N4O3. The molecule has 31 heavy (non-hydrogen) atoms. The van der Waals surface area contributed by atoms with Crippen LogP contribution in [0, 0.1) is 23.2 Å². The fourth-order valence-electron chi connectivity index (χ4n) is 6.56. The summed E-state index contributed by atoms with van der Waals surface area (Å²) in [6.45, 7) is 0.296. The second-order valence-electron chi connectivity index (χ2n) is 9.84. The molecule has 4 saturated carbocycles. The first-order chi connectivity index (χ1) is 15.0. The van der Waals surface area contributed by atoms with Crippen molar-refractivity contribution in [2.24, 2.45) is 23.2 Å². The zero-order valence-corrected chi connectivity index (χ0v) is 17.7. The third kappa shape index (κ3) is 4.05. The first kappa shape index (κ1) is 20.1. The molecule has 7 heteroatoms. The number of carbonyl (C=O) groups excluding carboxylic acids is 3. The van der Waals surface area contributed by atoms with Crippen molar-refractivity contribution in [1.82, 2.24) is 21.2 Å². The summed E-state index contributed by atoms with van der Waals surface area (Å²) in [5, 5.41) is 3.99. The summed E-state index contributed by atoms with van der Waals surface area (Å²) < 4.78 is 0. The third-order valence-corrected chi connectivity index (χ3v) is 7.52. The molecule has 0 radical (unpaired) electrons. The van der Waals surface area contributed by atoms with Gasteiger partial charge in [-0.05, 0) is 67.9 Å². The van der Waals surface area contributed by atoms with E-state index in [9.17, 15) is 14.4 Å². The Morgan fingerprint density at radius 1 is 0.935 bits per heavy atom. The maximum absolute atomic E-state index is 12.9. The number of H-pyrrole nitrogens is 1. The molecule has 1 heterocycles. The predicted octanol–water partition coefficient (Wildman–Crippen LogP) is 2.58. The van der Waals surface area contributed by atoms with Gasteiger partial charge in [0.25, 0.3) is 0 Å². The van der Waals surface area contributed by atoms with Crippen LogP contribution in [0.5, 0.6) is 0 Å². The quantitative estimate of drug-likeness (QED) is 0.538. The molecule has 164 valence electrons. The van der Waals surface area contributed by atoms with Crippen LogP contribution in [0.1, 0.15) is 50.5 Å². The number of para-hydroxylation sites is 1. The summed E-state index contributed by atoms with van der Waals surface area (Å²) in [4.78, 5) is 40.3. The number of fused-ring (bicyclic) bond motifs is 1. The molecule has 0 atom stereocenters. The van der Waals surface area contributed by atoms with Crippen LogP contribution in [0.2, 0.25) is 0 Å². The SMILES string of the molecule is O=C(CCNC(=O)C12CC3CC(CC(C3)C1)C2)NNC(=O)Cc1c[nH]c2ccccc12. The van der Waals surface area contributed by atoms with E-state index in [1.165, 1.54) is 19.3 Å². The first-order valence-corrected chi connectivity index (χ1v) is 11.4. The monoisotopic (exact) mass is 422 g/mol. The molecule has 4 N–H and O–H groups in total. The van der Waals surface area contributed by atoms with E-state index in [4.69, 9.17) is 0 Å². The van der Waals surface area contributed by atoms with Gasteiger partial charge in [0.2, 0.25) is 17.7 Å². The highest BCUT2D eigenvalue weighted by molar-refractivity contribution is 5.90. The number of nitrogens with one attached hydrogen (secondary N) is 4. The van der Waals surface area contributed by atoms with Crippen molar-refractivity contribution < 1.29 is 14.4 Å². The van der Waals surface area contributed by atoms with Crippen LogP contribution in [-0.2, 0) is 20.8 Å². The van der Waals surface area contributed by atoms with Gasteiger partial charge in [-0.15, -0.1) is 0 Å². The average Bonchev–Trinajstić information content (AvgIpc) is 3.14. The van der Waals surface area contributed by atoms with E-state index in [0.717, 1.165) is 35.7 Å². The van der Waals surface area contributed by atoms with E-state index < -0.39 is 0 Å². The van der Waals surface area contributed by atoms with Gasteiger partial charge >= 0.3 is 0 Å². The third-order valence-electron chi connectivity index (χ3n) is 7.52. The fourth-order valence-corrected chi connectivity index (χ4v) is 6.56. The van der Waals surface area contributed by atoms with Crippen molar-refractivity contribution in [1.29, 1.82) is 0 Å². The molecule has 4 fully saturated rings. The van der Waals surface area contributed by atoms with E-state index in [-0.39, 0.29) is 36.0 Å². The largest absolute Gasteiger partial charge is 0.361 e. The zero-order chi connectivity index (χ0) is 21.4. The average molecular weight is 423 g/mol. The lowest BCUT2D eigenvalue weighted by molar-refractivity contribution is -0.146. The Morgan fingerprint density at radius 3 is 2.29 bits per heavy atom. The minimum atomic E-state index is -0.307. The van der Waals surface area contributed by atoms with Gasteiger partial charge in [0.15, 0.2) is 0 Å². The van der Waals surface area contributed by atoms with Crippen LogP contribution in [0.25, 0.3) is 10.9 Å². The van der Waals surface area contributed by atoms with Crippen molar-refractivity contribution in [2.75, 3.05) is 6.54 Å². The van der Waals surface area contributed by atoms with Crippen molar-refractivity contribution >= 4 is 28.6 Å². The Bertz CT molecular complexity index is 976. The Hall–Kier alpha value is -2.83. The molecule has 4 aliphatic carbocycles. The lowest BCUT2D eigenvalue weighted by Gasteiger charge is -2.55. The highest BCUT2D eigenvalue weighted by Gasteiger charge is 2.54. The van der Waals surface area contributed by atoms with Crippen molar-refractivity contribution in [2.45, 2.75) is 51.4 Å². The summed E-state index contributed by atoms with van der Waals surface area (Å²) in [5.41, 5.74) is 6.58. The van der Waals surface area contributed by atoms with Gasteiger partial charge < -0.3 is 10.3 Å². The van der Waals surface area contributed by atoms with Gasteiger partial charge in [-0.3, -0.25) is 25.2 Å². The number of amides is 3. The Balaban J connectivity index is 1.05. The molecular weight excluding hydrogens is 392 g/mol. The van der Waals surface area contributed by atoms with Gasteiger partial charge in [-0.1, -0.05) is 18.2 Å². The Labute approximate surface area is 181 Å². The predicted molar refractivity (Wildman–Crippen MR) is 117 cm³/mol. The molecule has 4 bridgehead atoms. The number of hydrazine groups is 1. The van der Waals surface area contributed by atoms with Gasteiger partial charge in [0, 0.05) is 35.5 Å². The van der Waals surface area contributed by atoms with Crippen LogP contribution < -0.4 is 16.2 Å². The summed E-state index contributed by atoms with van der Waals surface area (Å²) in [6, 6.07) is 7.78.